The number of fused-ring (bicyclic) bond motifs is 3. The Morgan fingerprint density at radius 1 is 1.40 bits per heavy atom. The van der Waals surface area contributed by atoms with Gasteiger partial charge in [0.1, 0.15) is 5.69 Å². The van der Waals surface area contributed by atoms with Gasteiger partial charge in [0.2, 0.25) is 0 Å². The number of nitrogens with zero attached hydrogens (tertiary/aromatic N) is 1. The van der Waals surface area contributed by atoms with E-state index in [1.165, 1.54) is 7.11 Å². The molecule has 20 heavy (non-hydrogen) atoms. The number of rotatable bonds is 3. The summed E-state index contributed by atoms with van der Waals surface area (Å²) < 4.78 is 4.61. The second-order valence-corrected chi connectivity index (χ2v) is 4.89. The second kappa shape index (κ2) is 5.00. The fraction of sp³-hybridized carbons (Fsp3) is 0.333. The fourth-order valence-electron chi connectivity index (χ4n) is 2.69. The lowest BCUT2D eigenvalue weighted by atomic mass is 10.0. The summed E-state index contributed by atoms with van der Waals surface area (Å²) in [6, 6.07) is 7.93. The van der Waals surface area contributed by atoms with Crippen LogP contribution in [0.3, 0.4) is 0 Å². The molecule has 1 aliphatic rings. The number of carbonyl (C=O) groups is 2. The minimum absolute atomic E-state index is 0.0358. The summed E-state index contributed by atoms with van der Waals surface area (Å²) in [6.45, 7) is 1.05. The number of benzene rings is 1. The summed E-state index contributed by atoms with van der Waals surface area (Å²) in [6.07, 6.45) is 1.05. The van der Waals surface area contributed by atoms with Crippen LogP contribution in [0.2, 0.25) is 0 Å². The molecule has 1 amide bonds. The van der Waals surface area contributed by atoms with E-state index in [4.69, 9.17) is 0 Å². The number of H-pyrrole nitrogens is 1. The Bertz CT molecular complexity index is 675. The largest absolute Gasteiger partial charge is 0.469 e. The molecule has 1 N–H and O–H groups in total. The normalized spacial score (nSPS) is 14.4. The average Bonchev–Trinajstić information content (AvgIpc) is 2.86. The summed E-state index contributed by atoms with van der Waals surface area (Å²) in [5.74, 6) is -0.327. The molecule has 5 heteroatoms. The van der Waals surface area contributed by atoms with Crippen LogP contribution in [0.5, 0.6) is 0 Å². The zero-order valence-electron chi connectivity index (χ0n) is 11.3. The number of aromatic amines is 1. The molecule has 0 aliphatic carbocycles. The first-order chi connectivity index (χ1) is 9.70. The van der Waals surface area contributed by atoms with Crippen molar-refractivity contribution in [2.24, 2.45) is 0 Å². The SMILES string of the molecule is COC(=O)CCN1CCc2c([nH]c3ccccc23)C1=O. The monoisotopic (exact) mass is 272 g/mol. The van der Waals surface area contributed by atoms with Gasteiger partial charge in [0.05, 0.1) is 13.5 Å². The van der Waals surface area contributed by atoms with E-state index < -0.39 is 0 Å². The van der Waals surface area contributed by atoms with Gasteiger partial charge in [-0.25, -0.2) is 0 Å². The molecule has 0 fully saturated rings. The summed E-state index contributed by atoms with van der Waals surface area (Å²) in [5.41, 5.74) is 2.72. The van der Waals surface area contributed by atoms with Crippen LogP contribution in [0, 0.1) is 0 Å². The lowest BCUT2D eigenvalue weighted by molar-refractivity contribution is -0.140. The van der Waals surface area contributed by atoms with E-state index in [2.05, 4.69) is 9.72 Å². The highest BCUT2D eigenvalue weighted by Gasteiger charge is 2.27. The van der Waals surface area contributed by atoms with E-state index in [0.717, 1.165) is 22.9 Å². The highest BCUT2D eigenvalue weighted by Crippen LogP contribution is 2.27. The lowest BCUT2D eigenvalue weighted by Crippen LogP contribution is -2.38. The molecule has 0 radical (unpaired) electrons. The Hall–Kier alpha value is -2.30. The van der Waals surface area contributed by atoms with Gasteiger partial charge in [-0.05, 0) is 18.1 Å². The van der Waals surface area contributed by atoms with Crippen LogP contribution in [0.1, 0.15) is 22.5 Å². The molecule has 1 aromatic heterocycles. The van der Waals surface area contributed by atoms with Gasteiger partial charge >= 0.3 is 5.97 Å². The maximum Gasteiger partial charge on any atom is 0.307 e. The van der Waals surface area contributed by atoms with Crippen molar-refractivity contribution in [2.45, 2.75) is 12.8 Å². The Balaban J connectivity index is 1.85. The third-order valence-corrected chi connectivity index (χ3v) is 3.76. The number of hydrogen-bond donors (Lipinski definition) is 1. The average molecular weight is 272 g/mol. The van der Waals surface area contributed by atoms with Gasteiger partial charge < -0.3 is 14.6 Å². The molecule has 0 saturated heterocycles. The maximum atomic E-state index is 12.4. The van der Waals surface area contributed by atoms with Crippen molar-refractivity contribution < 1.29 is 14.3 Å². The van der Waals surface area contributed by atoms with Gasteiger partial charge in [0, 0.05) is 24.0 Å². The van der Waals surface area contributed by atoms with Gasteiger partial charge in [-0.2, -0.15) is 0 Å². The highest BCUT2D eigenvalue weighted by molar-refractivity contribution is 6.02. The molecule has 2 aromatic rings. The Morgan fingerprint density at radius 2 is 2.20 bits per heavy atom. The third kappa shape index (κ3) is 2.05. The van der Waals surface area contributed by atoms with E-state index >= 15 is 0 Å². The van der Waals surface area contributed by atoms with Gasteiger partial charge in [-0.3, -0.25) is 9.59 Å². The van der Waals surface area contributed by atoms with Crippen LogP contribution in [0.25, 0.3) is 10.9 Å². The molecule has 0 atom stereocenters. The molecule has 0 unspecified atom stereocenters. The van der Waals surface area contributed by atoms with Crippen molar-refractivity contribution in [3.63, 3.8) is 0 Å². The van der Waals surface area contributed by atoms with Crippen molar-refractivity contribution in [3.8, 4) is 0 Å². The summed E-state index contributed by atoms with van der Waals surface area (Å²) in [4.78, 5) is 28.5. The molecule has 5 nitrogen and oxygen atoms in total. The number of nitrogens with one attached hydrogen (secondary N) is 1. The van der Waals surface area contributed by atoms with Crippen molar-refractivity contribution in [1.82, 2.24) is 9.88 Å². The number of hydrogen-bond acceptors (Lipinski definition) is 3. The van der Waals surface area contributed by atoms with Crippen LogP contribution in [0.15, 0.2) is 24.3 Å². The standard InChI is InChI=1S/C15H16N2O3/c1-20-13(18)7-9-17-8-6-11-10-4-2-3-5-12(10)16-14(11)15(17)19/h2-5,16H,6-9H2,1H3. The van der Waals surface area contributed by atoms with E-state index in [0.29, 0.717) is 18.8 Å². The van der Waals surface area contributed by atoms with Crippen molar-refractivity contribution in [3.05, 3.63) is 35.5 Å². The quantitative estimate of drug-likeness (QED) is 0.865. The molecule has 0 bridgehead atoms. The number of aromatic nitrogens is 1. The first-order valence-corrected chi connectivity index (χ1v) is 6.66. The van der Waals surface area contributed by atoms with Gasteiger partial charge in [-0.1, -0.05) is 18.2 Å². The molecule has 3 rings (SSSR count). The maximum absolute atomic E-state index is 12.4. The van der Waals surface area contributed by atoms with E-state index in [-0.39, 0.29) is 18.3 Å². The Morgan fingerprint density at radius 3 is 3.00 bits per heavy atom. The highest BCUT2D eigenvalue weighted by atomic mass is 16.5. The number of ether oxygens (including phenoxy) is 1. The zero-order chi connectivity index (χ0) is 14.1. The molecule has 104 valence electrons. The van der Waals surface area contributed by atoms with Crippen LogP contribution < -0.4 is 0 Å². The lowest BCUT2D eigenvalue weighted by Gasteiger charge is -2.26. The smallest absolute Gasteiger partial charge is 0.307 e. The van der Waals surface area contributed by atoms with Crippen molar-refractivity contribution in [2.75, 3.05) is 20.2 Å². The topological polar surface area (TPSA) is 62.4 Å². The van der Waals surface area contributed by atoms with Crippen LogP contribution in [0.4, 0.5) is 0 Å². The van der Waals surface area contributed by atoms with Crippen molar-refractivity contribution >= 4 is 22.8 Å². The summed E-state index contributed by atoms with van der Waals surface area (Å²) >= 11 is 0. The summed E-state index contributed by atoms with van der Waals surface area (Å²) in [5, 5.41) is 1.11. The predicted molar refractivity (Wildman–Crippen MR) is 74.5 cm³/mol. The number of para-hydroxylation sites is 1. The second-order valence-electron chi connectivity index (χ2n) is 4.89. The molecule has 1 aromatic carbocycles. The Kier molecular flexibility index (Phi) is 3.18. The number of amides is 1. The number of methoxy groups -OCH3 is 1. The van der Waals surface area contributed by atoms with Crippen LogP contribution >= 0.6 is 0 Å². The van der Waals surface area contributed by atoms with Crippen LogP contribution in [-0.4, -0.2) is 42.0 Å². The summed E-state index contributed by atoms with van der Waals surface area (Å²) in [7, 11) is 1.36. The molecular formula is C15H16N2O3. The van der Waals surface area contributed by atoms with E-state index in [1.54, 1.807) is 4.90 Å². The number of esters is 1. The zero-order valence-corrected chi connectivity index (χ0v) is 11.3. The van der Waals surface area contributed by atoms with Crippen molar-refractivity contribution in [1.29, 1.82) is 0 Å². The first-order valence-electron chi connectivity index (χ1n) is 6.66. The minimum atomic E-state index is -0.291. The predicted octanol–water partition coefficient (Wildman–Crippen LogP) is 1.73. The molecule has 0 spiro atoms. The number of carbonyl (C=O) groups excluding carboxylic acids is 2. The minimum Gasteiger partial charge on any atom is -0.469 e. The molecule has 0 saturated carbocycles. The third-order valence-electron chi connectivity index (χ3n) is 3.76. The van der Waals surface area contributed by atoms with Gasteiger partial charge in [0.15, 0.2) is 0 Å². The van der Waals surface area contributed by atoms with Gasteiger partial charge in [0.25, 0.3) is 5.91 Å². The van der Waals surface area contributed by atoms with E-state index in [9.17, 15) is 9.59 Å². The molecule has 2 heterocycles. The molecule has 1 aliphatic heterocycles. The van der Waals surface area contributed by atoms with Gasteiger partial charge in [-0.15, -0.1) is 0 Å². The fourth-order valence-corrected chi connectivity index (χ4v) is 2.69. The first kappa shape index (κ1) is 12.7. The van der Waals surface area contributed by atoms with Crippen LogP contribution in [-0.2, 0) is 16.0 Å². The van der Waals surface area contributed by atoms with E-state index in [1.807, 2.05) is 24.3 Å². The Labute approximate surface area is 116 Å². The molecular weight excluding hydrogens is 256 g/mol.